The Labute approximate surface area is 659 Å². The van der Waals surface area contributed by atoms with Crippen LogP contribution < -0.4 is 75.7 Å². The lowest BCUT2D eigenvalue weighted by molar-refractivity contribution is -0.143. The van der Waals surface area contributed by atoms with Gasteiger partial charge < -0.3 is 111 Å². The number of benzene rings is 2. The number of thioether (sulfide) groups is 1. The summed E-state index contributed by atoms with van der Waals surface area (Å²) in [5.41, 5.74) is 19.5. The molecule has 2 aromatic heterocycles. The molecule has 0 bridgehead atoms. The second kappa shape index (κ2) is 45.5. The van der Waals surface area contributed by atoms with E-state index in [9.17, 15) is 82.8 Å². The number of nitrogens with zero attached hydrogens (tertiary/aromatic N) is 2. The van der Waals surface area contributed by atoms with Crippen LogP contribution in [0.5, 0.6) is 0 Å². The van der Waals surface area contributed by atoms with Gasteiger partial charge in [0.2, 0.25) is 70.9 Å². The third-order valence-corrected chi connectivity index (χ3v) is 19.6. The molecule has 12 amide bonds. The van der Waals surface area contributed by atoms with E-state index in [0.29, 0.717) is 38.7 Å². The van der Waals surface area contributed by atoms with Crippen LogP contribution in [0.4, 0.5) is 0 Å². The molecule has 1 saturated heterocycles. The molecular weight excluding hydrogens is 1490 g/mol. The largest absolute Gasteiger partial charge is 0.481 e. The average Bonchev–Trinajstić information content (AvgIpc) is 1.40. The lowest BCUT2D eigenvalue weighted by Gasteiger charge is -2.31. The van der Waals surface area contributed by atoms with Crippen molar-refractivity contribution in [2.24, 2.45) is 39.9 Å². The van der Waals surface area contributed by atoms with Gasteiger partial charge in [0.25, 0.3) is 0 Å². The second-order valence-electron chi connectivity index (χ2n) is 29.2. The van der Waals surface area contributed by atoms with E-state index in [4.69, 9.17) is 17.2 Å². The maximum Gasteiger partial charge on any atom is 0.326 e. The zero-order valence-corrected chi connectivity index (χ0v) is 66.3. The summed E-state index contributed by atoms with van der Waals surface area (Å²) in [4.78, 5) is 207. The molecule has 14 unspecified atom stereocenters. The summed E-state index contributed by atoms with van der Waals surface area (Å²) in [6, 6.07) is -4.50. The Morgan fingerprint density at radius 3 is 1.48 bits per heavy atom. The van der Waals surface area contributed by atoms with Gasteiger partial charge in [-0.05, 0) is 125 Å². The molecule has 5 rings (SSSR count). The molecule has 23 N–H and O–H groups in total. The molecule has 38 heteroatoms. The van der Waals surface area contributed by atoms with Gasteiger partial charge in [-0.25, -0.2) is 4.79 Å². The van der Waals surface area contributed by atoms with Crippen LogP contribution in [-0.4, -0.2) is 246 Å². The summed E-state index contributed by atoms with van der Waals surface area (Å²) < 4.78 is 0. The second-order valence-corrected chi connectivity index (χ2v) is 30.5. The van der Waals surface area contributed by atoms with Crippen LogP contribution in [0.3, 0.4) is 0 Å². The Bertz CT molecular complexity index is 3940. The smallest absolute Gasteiger partial charge is 0.326 e. The van der Waals surface area contributed by atoms with E-state index < -0.39 is 193 Å². The third-order valence-electron chi connectivity index (χ3n) is 18.6. The van der Waals surface area contributed by atoms with Crippen LogP contribution >= 0.6 is 24.4 Å². The van der Waals surface area contributed by atoms with Gasteiger partial charge in [-0.1, -0.05) is 77.9 Å². The number of fused-ring (bicyclic) bond motifs is 2. The molecule has 36 nitrogen and oxygen atoms in total. The molecule has 1 aliphatic heterocycles. The lowest BCUT2D eigenvalue weighted by atomic mass is 9.98. The summed E-state index contributed by atoms with van der Waals surface area (Å²) in [5, 5.41) is 70.0. The van der Waals surface area contributed by atoms with E-state index >= 15 is 4.79 Å². The van der Waals surface area contributed by atoms with Crippen molar-refractivity contribution in [1.82, 2.24) is 73.4 Å². The van der Waals surface area contributed by atoms with E-state index in [2.05, 4.69) is 86.1 Å². The zero-order chi connectivity index (χ0) is 83.2. The highest BCUT2D eigenvalue weighted by molar-refractivity contribution is 7.98. The number of rotatable bonds is 47. The molecule has 2 aromatic carbocycles. The molecule has 3 heterocycles. The molecule has 4 aromatic rings. The highest BCUT2D eigenvalue weighted by Crippen LogP contribution is 2.25. The molecule has 1 aliphatic rings. The number of carboxylic acids is 2. The fourth-order valence-electron chi connectivity index (χ4n) is 12.6. The van der Waals surface area contributed by atoms with Crippen molar-refractivity contribution >= 4 is 135 Å². The van der Waals surface area contributed by atoms with Crippen LogP contribution in [0.2, 0.25) is 0 Å². The summed E-state index contributed by atoms with van der Waals surface area (Å²) in [6.07, 6.45) is 2.18. The Kier molecular flexibility index (Phi) is 37.6. The zero-order valence-electron chi connectivity index (χ0n) is 64.6. The van der Waals surface area contributed by atoms with Gasteiger partial charge in [-0.3, -0.25) is 67.3 Å². The number of H-pyrrole nitrogens is 2. The number of aliphatic carboxylic acids is 2. The SMILES string of the molecule is CSCCC(NC(=O)C(C)NC(=O)C(CCC(=O)O)NC(=O)C(Cc1c[nH]c2ccccc12)NC(=O)C1CCCN1C(=O)C(CCCN=C(N)N)NC(=O)C(CS)NC(=O)C(NC(=O)C(CC(C)C)NC(=O)C(Cc1c[nH]c2ccccc12)NC(=O)C(CC(C)C)NC(=O)C(CC(C)C)NC(=O)C(N)CO)C(C)O)C(=O)O. The van der Waals surface area contributed by atoms with Gasteiger partial charge in [0.15, 0.2) is 5.96 Å². The summed E-state index contributed by atoms with van der Waals surface area (Å²) >= 11 is 5.71. The van der Waals surface area contributed by atoms with E-state index in [0.717, 1.165) is 0 Å². The molecule has 112 heavy (non-hydrogen) atoms. The number of carbonyl (C=O) groups excluding carboxylic acids is 12. The van der Waals surface area contributed by atoms with Gasteiger partial charge in [0.05, 0.1) is 12.7 Å². The monoisotopic (exact) mass is 1600 g/mol. The number of guanidine groups is 1. The topological polar surface area (TPSA) is 577 Å². The molecule has 0 radical (unpaired) electrons. The minimum atomic E-state index is -1.83. The molecule has 0 aliphatic carbocycles. The number of carboxylic acid groups (broad SMARTS) is 2. The fourth-order valence-corrected chi connectivity index (χ4v) is 13.4. The highest BCUT2D eigenvalue weighted by Gasteiger charge is 2.42. The number of aliphatic hydroxyl groups is 2. The minimum Gasteiger partial charge on any atom is -0.481 e. The Hall–Kier alpha value is -10.0. The van der Waals surface area contributed by atoms with Gasteiger partial charge in [-0.2, -0.15) is 24.4 Å². The van der Waals surface area contributed by atoms with Gasteiger partial charge >= 0.3 is 11.9 Å². The fraction of sp³-hybridized carbons (Fsp3) is 0.581. The number of likely N-dealkylation sites (tertiary alicyclic amines) is 1. The first-order valence-electron chi connectivity index (χ1n) is 37.4. The first-order chi connectivity index (χ1) is 53.0. The van der Waals surface area contributed by atoms with Crippen molar-refractivity contribution < 1.29 is 87.5 Å². The number of aliphatic hydroxyl groups excluding tert-OH is 2. The third kappa shape index (κ3) is 28.9. The maximum absolute atomic E-state index is 15.0. The highest BCUT2D eigenvalue weighted by atomic mass is 32.2. The molecule has 0 spiro atoms. The number of thiol groups is 1. The van der Waals surface area contributed by atoms with Crippen LogP contribution in [-0.2, 0) is 80.0 Å². The molecule has 14 atom stereocenters. The number of carbonyl (C=O) groups is 14. The number of nitrogens with two attached hydrogens (primary N) is 3. The summed E-state index contributed by atoms with van der Waals surface area (Å²) in [7, 11) is 0. The summed E-state index contributed by atoms with van der Waals surface area (Å²) in [5.74, 6) is -14.4. The number of hydrogen-bond donors (Lipinski definition) is 21. The minimum absolute atomic E-state index is 0.0382. The molecule has 618 valence electrons. The standard InChI is InChI=1S/C74H112N18O18S2/c1-37(2)28-52(85-62(98)46(75)35-93)64(100)86-53(29-38(3)4)65(101)88-55(31-42-33-79-47-18-12-10-16-44(42)47)67(103)87-54(30-39(5)6)68(104)91-60(41(8)94)71(107)90-57(36-111)69(105)83-50(20-14-25-78-74(76)77)72(108)92-26-15-21-58(92)70(106)89-56(32-43-34-80-48-19-13-11-17-45(43)48)66(102)82-49(22-23-59(95)96)63(99)81-40(7)61(97)84-51(73(109)110)24-27-112-9/h10-13,16-19,33-34,37-41,46,49-58,60,79-80,93-94,111H,14-15,20-32,35-36,75H2,1-9H3,(H,81,99)(H,82,102)(H,83,105)(H,84,97)(H,85,98)(H,86,100)(H,87,103)(H,88,101)(H,89,106)(H,90,107)(H,91,104)(H,95,96)(H,109,110)(H4,76,77,78). The van der Waals surface area contributed by atoms with E-state index in [1.807, 2.05) is 13.8 Å². The van der Waals surface area contributed by atoms with Crippen molar-refractivity contribution in [2.45, 2.75) is 217 Å². The Morgan fingerprint density at radius 1 is 0.554 bits per heavy atom. The first-order valence-corrected chi connectivity index (χ1v) is 39.4. The number of amides is 12. The van der Waals surface area contributed by atoms with Crippen molar-refractivity contribution in [2.75, 3.05) is 37.5 Å². The average molecular weight is 1610 g/mol. The summed E-state index contributed by atoms with van der Waals surface area (Å²) in [6.45, 7) is 12.4. The van der Waals surface area contributed by atoms with Crippen molar-refractivity contribution in [3.8, 4) is 0 Å². The normalized spacial score (nSPS) is 16.3. The molecule has 0 saturated carbocycles. The molecular formula is C74H112N18O18S2. The predicted molar refractivity (Wildman–Crippen MR) is 422 cm³/mol. The number of para-hydroxylation sites is 2. The van der Waals surface area contributed by atoms with Crippen molar-refractivity contribution in [1.29, 1.82) is 0 Å². The Balaban J connectivity index is 1.38. The Morgan fingerprint density at radius 2 is 1.00 bits per heavy atom. The van der Waals surface area contributed by atoms with Crippen LogP contribution in [0.1, 0.15) is 131 Å². The number of nitrogens with one attached hydrogen (secondary N) is 13. The van der Waals surface area contributed by atoms with Gasteiger partial charge in [-0.15, -0.1) is 0 Å². The number of aromatic nitrogens is 2. The lowest BCUT2D eigenvalue weighted by Crippen LogP contribution is -2.62. The first kappa shape index (κ1) is 92.6. The van der Waals surface area contributed by atoms with Crippen molar-refractivity contribution in [3.63, 3.8) is 0 Å². The van der Waals surface area contributed by atoms with Crippen LogP contribution in [0.15, 0.2) is 65.9 Å². The van der Waals surface area contributed by atoms with E-state index in [1.165, 1.54) is 30.5 Å². The quantitative estimate of drug-likeness (QED) is 0.0101. The van der Waals surface area contributed by atoms with Crippen molar-refractivity contribution in [3.05, 3.63) is 72.1 Å². The van der Waals surface area contributed by atoms with Crippen LogP contribution in [0, 0.1) is 17.8 Å². The predicted octanol–water partition coefficient (Wildman–Crippen LogP) is -1.70. The van der Waals surface area contributed by atoms with Gasteiger partial charge in [0, 0.05) is 72.3 Å². The molecule has 1 fully saturated rings. The number of aliphatic imine (C=N–C) groups is 1. The van der Waals surface area contributed by atoms with E-state index in [-0.39, 0.29) is 101 Å². The number of aromatic amines is 2. The van der Waals surface area contributed by atoms with E-state index in [1.54, 1.807) is 94.9 Å². The number of hydrogen-bond acceptors (Lipinski definition) is 20. The van der Waals surface area contributed by atoms with Gasteiger partial charge in [0.1, 0.15) is 78.5 Å². The maximum atomic E-state index is 15.0. The van der Waals surface area contributed by atoms with Crippen LogP contribution in [0.25, 0.3) is 21.8 Å².